The fraction of sp³-hybridized carbons (Fsp3) is 0.393. The summed E-state index contributed by atoms with van der Waals surface area (Å²) in [5, 5.41) is 0. The van der Waals surface area contributed by atoms with E-state index in [0.717, 1.165) is 11.1 Å². The van der Waals surface area contributed by atoms with E-state index in [9.17, 15) is 14.4 Å². The van der Waals surface area contributed by atoms with Gasteiger partial charge in [0.25, 0.3) is 0 Å². The molecule has 8 nitrogen and oxygen atoms in total. The zero-order valence-electron chi connectivity index (χ0n) is 20.9. The van der Waals surface area contributed by atoms with Gasteiger partial charge in [-0.15, -0.1) is 6.42 Å². The molecule has 0 aliphatic rings. The summed E-state index contributed by atoms with van der Waals surface area (Å²) in [6.45, 7) is 5.48. The van der Waals surface area contributed by atoms with Crippen LogP contribution in [0, 0.1) is 12.3 Å². The Kier molecular flexibility index (Phi) is 11.6. The molecule has 2 aromatic rings. The van der Waals surface area contributed by atoms with Crippen LogP contribution >= 0.6 is 0 Å². The maximum atomic E-state index is 12.1. The first-order chi connectivity index (χ1) is 17.2. The van der Waals surface area contributed by atoms with Crippen LogP contribution in [0.15, 0.2) is 60.7 Å². The Balaban J connectivity index is 2.41. The highest BCUT2D eigenvalue weighted by Crippen LogP contribution is 2.24. The van der Waals surface area contributed by atoms with E-state index in [4.69, 9.17) is 30.1 Å². The maximum Gasteiger partial charge on any atom is 0.303 e. The van der Waals surface area contributed by atoms with E-state index in [1.165, 1.54) is 20.8 Å². The van der Waals surface area contributed by atoms with Crippen LogP contribution in [0.2, 0.25) is 0 Å². The third-order valence-electron chi connectivity index (χ3n) is 5.09. The molecule has 0 amide bonds. The SMILES string of the molecule is C#C[C@@H](OCc1ccccc1)[C@@H](OC(C)=O)[C@@H](OC(C)=O)[C@H](OCc1ccccc1)[C@@H](C)OC(C)=O. The molecule has 192 valence electrons. The van der Waals surface area contributed by atoms with Crippen LogP contribution in [-0.4, -0.2) is 48.4 Å². The number of ether oxygens (including phenoxy) is 5. The van der Waals surface area contributed by atoms with E-state index >= 15 is 0 Å². The van der Waals surface area contributed by atoms with Crippen molar-refractivity contribution in [1.29, 1.82) is 0 Å². The molecule has 0 fully saturated rings. The fourth-order valence-electron chi connectivity index (χ4n) is 3.60. The molecule has 8 heteroatoms. The van der Waals surface area contributed by atoms with E-state index in [2.05, 4.69) is 5.92 Å². The summed E-state index contributed by atoms with van der Waals surface area (Å²) in [4.78, 5) is 36.0. The van der Waals surface area contributed by atoms with Crippen LogP contribution in [0.25, 0.3) is 0 Å². The second-order valence-electron chi connectivity index (χ2n) is 8.11. The van der Waals surface area contributed by atoms with Crippen molar-refractivity contribution in [3.8, 4) is 12.3 Å². The first-order valence-corrected chi connectivity index (χ1v) is 11.5. The van der Waals surface area contributed by atoms with E-state index < -0.39 is 48.4 Å². The van der Waals surface area contributed by atoms with Gasteiger partial charge in [0.1, 0.15) is 12.2 Å². The topological polar surface area (TPSA) is 97.4 Å². The molecule has 0 spiro atoms. The smallest absolute Gasteiger partial charge is 0.303 e. The summed E-state index contributed by atoms with van der Waals surface area (Å²) in [5.41, 5.74) is 1.67. The number of carbonyl (C=O) groups is 3. The first kappa shape index (κ1) is 28.6. The van der Waals surface area contributed by atoms with E-state index in [0.29, 0.717) is 0 Å². The molecule has 0 N–H and O–H groups in total. The Morgan fingerprint density at radius 1 is 0.694 bits per heavy atom. The van der Waals surface area contributed by atoms with E-state index in [1.54, 1.807) is 6.92 Å². The lowest BCUT2D eigenvalue weighted by molar-refractivity contribution is -0.205. The molecule has 2 rings (SSSR count). The van der Waals surface area contributed by atoms with Gasteiger partial charge in [0.05, 0.1) is 13.2 Å². The lowest BCUT2D eigenvalue weighted by Gasteiger charge is -2.36. The number of benzene rings is 2. The van der Waals surface area contributed by atoms with Gasteiger partial charge in [-0.05, 0) is 18.1 Å². The molecule has 0 radical (unpaired) electrons. The molecule has 0 aromatic heterocycles. The highest BCUT2D eigenvalue weighted by Gasteiger charge is 2.44. The summed E-state index contributed by atoms with van der Waals surface area (Å²) >= 11 is 0. The molecular formula is C28H32O8. The second kappa shape index (κ2) is 14.7. The molecule has 2 aromatic carbocycles. The van der Waals surface area contributed by atoms with Crippen LogP contribution in [-0.2, 0) is 51.3 Å². The van der Waals surface area contributed by atoms with Crippen molar-refractivity contribution in [1.82, 2.24) is 0 Å². The molecule has 0 heterocycles. The third kappa shape index (κ3) is 9.53. The van der Waals surface area contributed by atoms with Crippen molar-refractivity contribution in [2.75, 3.05) is 0 Å². The number of rotatable bonds is 13. The molecule has 0 aliphatic heterocycles. The Morgan fingerprint density at radius 3 is 1.58 bits per heavy atom. The largest absolute Gasteiger partial charge is 0.460 e. The Hall–Kier alpha value is -3.67. The number of hydrogen-bond acceptors (Lipinski definition) is 8. The van der Waals surface area contributed by atoms with Gasteiger partial charge in [-0.25, -0.2) is 0 Å². The molecule has 0 unspecified atom stereocenters. The predicted octanol–water partition coefficient (Wildman–Crippen LogP) is 3.61. The molecule has 0 saturated carbocycles. The van der Waals surface area contributed by atoms with Crippen LogP contribution in [0.4, 0.5) is 0 Å². The number of hydrogen-bond donors (Lipinski definition) is 0. The van der Waals surface area contributed by atoms with Crippen LogP contribution in [0.5, 0.6) is 0 Å². The normalized spacial score (nSPS) is 14.9. The van der Waals surface area contributed by atoms with Crippen molar-refractivity contribution in [3.63, 3.8) is 0 Å². The van der Waals surface area contributed by atoms with E-state index in [-0.39, 0.29) is 13.2 Å². The predicted molar refractivity (Wildman–Crippen MR) is 131 cm³/mol. The highest BCUT2D eigenvalue weighted by molar-refractivity contribution is 5.68. The highest BCUT2D eigenvalue weighted by atomic mass is 16.6. The molecule has 0 aliphatic carbocycles. The summed E-state index contributed by atoms with van der Waals surface area (Å²) in [7, 11) is 0. The zero-order chi connectivity index (χ0) is 26.5. The van der Waals surface area contributed by atoms with Gasteiger partial charge in [0.15, 0.2) is 18.3 Å². The molecule has 36 heavy (non-hydrogen) atoms. The van der Waals surface area contributed by atoms with Crippen molar-refractivity contribution >= 4 is 17.9 Å². The Labute approximate surface area is 211 Å². The number of carbonyl (C=O) groups excluding carboxylic acids is 3. The lowest BCUT2D eigenvalue weighted by atomic mass is 9.98. The molecule has 0 saturated heterocycles. The minimum atomic E-state index is -1.25. The van der Waals surface area contributed by atoms with Gasteiger partial charge in [-0.1, -0.05) is 66.6 Å². The summed E-state index contributed by atoms with van der Waals surface area (Å²) in [6.07, 6.45) is 0.235. The van der Waals surface area contributed by atoms with Crippen molar-refractivity contribution in [2.24, 2.45) is 0 Å². The van der Waals surface area contributed by atoms with Crippen molar-refractivity contribution in [3.05, 3.63) is 71.8 Å². The average Bonchev–Trinajstić information content (AvgIpc) is 2.83. The second-order valence-corrected chi connectivity index (χ2v) is 8.11. The van der Waals surface area contributed by atoms with Gasteiger partial charge in [0, 0.05) is 20.8 Å². The Morgan fingerprint density at radius 2 is 1.14 bits per heavy atom. The number of terminal acetylenes is 1. The van der Waals surface area contributed by atoms with Gasteiger partial charge in [0.2, 0.25) is 0 Å². The number of esters is 3. The summed E-state index contributed by atoms with van der Waals surface area (Å²) in [5.74, 6) is 0.594. The molecule has 0 bridgehead atoms. The van der Waals surface area contributed by atoms with Gasteiger partial charge >= 0.3 is 17.9 Å². The van der Waals surface area contributed by atoms with Crippen LogP contribution < -0.4 is 0 Å². The molecule has 5 atom stereocenters. The Bertz CT molecular complexity index is 1010. The van der Waals surface area contributed by atoms with Crippen molar-refractivity contribution in [2.45, 2.75) is 71.4 Å². The monoisotopic (exact) mass is 496 g/mol. The minimum Gasteiger partial charge on any atom is -0.460 e. The standard InChI is InChI=1S/C28H32O8/c1-6-25(32-17-23-13-9-7-10-14-23)27(35-21(4)30)28(36-22(5)31)26(19(2)34-20(3)29)33-18-24-15-11-8-12-16-24/h1,7-16,19,25-28H,17-18H2,2-5H3/t19-,25-,26-,27-,28+/m1/s1. The third-order valence-corrected chi connectivity index (χ3v) is 5.09. The first-order valence-electron chi connectivity index (χ1n) is 11.5. The molecular weight excluding hydrogens is 464 g/mol. The average molecular weight is 497 g/mol. The van der Waals surface area contributed by atoms with E-state index in [1.807, 2.05) is 60.7 Å². The minimum absolute atomic E-state index is 0.104. The maximum absolute atomic E-state index is 12.1. The van der Waals surface area contributed by atoms with Crippen LogP contribution in [0.1, 0.15) is 38.8 Å². The fourth-order valence-corrected chi connectivity index (χ4v) is 3.60. The summed E-state index contributed by atoms with van der Waals surface area (Å²) in [6, 6.07) is 18.5. The van der Waals surface area contributed by atoms with Gasteiger partial charge in [-0.3, -0.25) is 14.4 Å². The van der Waals surface area contributed by atoms with Gasteiger partial charge in [-0.2, -0.15) is 0 Å². The zero-order valence-corrected chi connectivity index (χ0v) is 20.9. The summed E-state index contributed by atoms with van der Waals surface area (Å²) < 4.78 is 28.5. The van der Waals surface area contributed by atoms with Crippen molar-refractivity contribution < 1.29 is 38.1 Å². The lowest BCUT2D eigenvalue weighted by Crippen LogP contribution is -2.54. The van der Waals surface area contributed by atoms with Crippen LogP contribution in [0.3, 0.4) is 0 Å². The quantitative estimate of drug-likeness (QED) is 0.236. The van der Waals surface area contributed by atoms with Gasteiger partial charge < -0.3 is 23.7 Å².